The summed E-state index contributed by atoms with van der Waals surface area (Å²) < 4.78 is 5.08. The number of nitrogens with one attached hydrogen (secondary N) is 1. The van der Waals surface area contributed by atoms with Crippen LogP contribution in [0.3, 0.4) is 0 Å². The molecule has 18 heavy (non-hydrogen) atoms. The number of benzene rings is 1. The Bertz CT molecular complexity index is 444. The maximum Gasteiger partial charge on any atom is 0.338 e. The van der Waals surface area contributed by atoms with E-state index in [1.807, 2.05) is 6.92 Å². The number of anilines is 1. The number of hydrogen-bond donors (Lipinski definition) is 2. The summed E-state index contributed by atoms with van der Waals surface area (Å²) in [6.45, 7) is 2.04. The van der Waals surface area contributed by atoms with Gasteiger partial charge in [-0.1, -0.05) is 6.07 Å². The standard InChI is InChI=1S/C13H18N2O3/c1-9-5-6-10(14)8-11(9)13(17)18-7-3-4-12(16)15-2/h5-6,8H,3-4,7,14H2,1-2H3,(H,15,16). The molecule has 0 bridgehead atoms. The minimum Gasteiger partial charge on any atom is -0.462 e. The molecule has 0 aliphatic carbocycles. The lowest BCUT2D eigenvalue weighted by molar-refractivity contribution is -0.120. The largest absolute Gasteiger partial charge is 0.462 e. The molecule has 0 saturated heterocycles. The molecule has 0 aliphatic heterocycles. The van der Waals surface area contributed by atoms with Crippen LogP contribution in [0.4, 0.5) is 5.69 Å². The Morgan fingerprint density at radius 1 is 1.39 bits per heavy atom. The molecule has 1 aromatic rings. The van der Waals surface area contributed by atoms with Gasteiger partial charge in [-0.25, -0.2) is 4.79 Å². The van der Waals surface area contributed by atoms with Gasteiger partial charge in [0.25, 0.3) is 0 Å². The zero-order chi connectivity index (χ0) is 13.5. The van der Waals surface area contributed by atoms with E-state index in [2.05, 4.69) is 5.32 Å². The van der Waals surface area contributed by atoms with Crippen molar-refractivity contribution in [1.29, 1.82) is 0 Å². The molecule has 0 unspecified atom stereocenters. The lowest BCUT2D eigenvalue weighted by Gasteiger charge is -2.07. The Kier molecular flexibility index (Phi) is 5.17. The van der Waals surface area contributed by atoms with E-state index in [9.17, 15) is 9.59 Å². The number of carbonyl (C=O) groups is 2. The molecule has 0 fully saturated rings. The van der Waals surface area contributed by atoms with Gasteiger partial charge in [-0.15, -0.1) is 0 Å². The topological polar surface area (TPSA) is 81.4 Å². The highest BCUT2D eigenvalue weighted by molar-refractivity contribution is 5.92. The molecule has 5 nitrogen and oxygen atoms in total. The average Bonchev–Trinajstić information content (AvgIpc) is 2.36. The molecule has 1 amide bonds. The van der Waals surface area contributed by atoms with Crippen LogP contribution in [-0.4, -0.2) is 25.5 Å². The van der Waals surface area contributed by atoms with Crippen molar-refractivity contribution >= 4 is 17.6 Å². The van der Waals surface area contributed by atoms with E-state index in [0.29, 0.717) is 24.1 Å². The molecule has 5 heteroatoms. The number of nitrogens with two attached hydrogens (primary N) is 1. The minimum absolute atomic E-state index is 0.0637. The van der Waals surface area contributed by atoms with Crippen molar-refractivity contribution in [2.75, 3.05) is 19.4 Å². The number of amides is 1. The zero-order valence-corrected chi connectivity index (χ0v) is 10.7. The molecule has 1 aromatic carbocycles. The van der Waals surface area contributed by atoms with Crippen LogP contribution >= 0.6 is 0 Å². The zero-order valence-electron chi connectivity index (χ0n) is 10.7. The second-order valence-electron chi connectivity index (χ2n) is 3.99. The van der Waals surface area contributed by atoms with Gasteiger partial charge >= 0.3 is 5.97 Å². The number of hydrogen-bond acceptors (Lipinski definition) is 4. The van der Waals surface area contributed by atoms with Gasteiger partial charge in [0.15, 0.2) is 0 Å². The fraction of sp³-hybridized carbons (Fsp3) is 0.385. The third kappa shape index (κ3) is 4.08. The quantitative estimate of drug-likeness (QED) is 0.468. The number of rotatable bonds is 5. The Morgan fingerprint density at radius 2 is 2.11 bits per heavy atom. The Labute approximate surface area is 106 Å². The summed E-state index contributed by atoms with van der Waals surface area (Å²) in [5, 5.41) is 2.51. The summed E-state index contributed by atoms with van der Waals surface area (Å²) in [6.07, 6.45) is 0.854. The highest BCUT2D eigenvalue weighted by Crippen LogP contribution is 2.13. The maximum atomic E-state index is 11.8. The lowest BCUT2D eigenvalue weighted by Crippen LogP contribution is -2.18. The molecule has 0 aromatic heterocycles. The monoisotopic (exact) mass is 250 g/mol. The van der Waals surface area contributed by atoms with Crippen LogP contribution in [0.25, 0.3) is 0 Å². The van der Waals surface area contributed by atoms with E-state index >= 15 is 0 Å². The maximum absolute atomic E-state index is 11.8. The van der Waals surface area contributed by atoms with Crippen molar-refractivity contribution < 1.29 is 14.3 Å². The van der Waals surface area contributed by atoms with Gasteiger partial charge in [0.05, 0.1) is 12.2 Å². The lowest BCUT2D eigenvalue weighted by atomic mass is 10.1. The summed E-state index contributed by atoms with van der Waals surface area (Å²) in [4.78, 5) is 22.7. The molecular weight excluding hydrogens is 232 g/mol. The summed E-state index contributed by atoms with van der Waals surface area (Å²) in [6, 6.07) is 5.10. The second-order valence-corrected chi connectivity index (χ2v) is 3.99. The number of carbonyl (C=O) groups excluding carboxylic acids is 2. The molecular formula is C13H18N2O3. The van der Waals surface area contributed by atoms with Crippen LogP contribution in [0.15, 0.2) is 18.2 Å². The molecule has 0 heterocycles. The first-order chi connectivity index (χ1) is 8.54. The van der Waals surface area contributed by atoms with Crippen molar-refractivity contribution in [1.82, 2.24) is 5.32 Å². The van der Waals surface area contributed by atoms with Crippen LogP contribution in [0.2, 0.25) is 0 Å². The predicted molar refractivity (Wildman–Crippen MR) is 69.2 cm³/mol. The number of esters is 1. The van der Waals surface area contributed by atoms with Crippen LogP contribution in [0.5, 0.6) is 0 Å². The molecule has 0 spiro atoms. The number of aryl methyl sites for hydroxylation is 1. The van der Waals surface area contributed by atoms with Crippen molar-refractivity contribution in [3.05, 3.63) is 29.3 Å². The molecule has 98 valence electrons. The Balaban J connectivity index is 2.46. The van der Waals surface area contributed by atoms with Crippen LogP contribution in [0, 0.1) is 6.92 Å². The van der Waals surface area contributed by atoms with E-state index in [4.69, 9.17) is 10.5 Å². The van der Waals surface area contributed by atoms with E-state index in [1.54, 1.807) is 25.2 Å². The summed E-state index contributed by atoms with van der Waals surface area (Å²) >= 11 is 0. The van der Waals surface area contributed by atoms with Crippen LogP contribution in [0.1, 0.15) is 28.8 Å². The van der Waals surface area contributed by atoms with E-state index in [0.717, 1.165) is 5.56 Å². The Hall–Kier alpha value is -2.04. The summed E-state index contributed by atoms with van der Waals surface area (Å²) in [5.74, 6) is -0.470. The fourth-order valence-corrected chi connectivity index (χ4v) is 1.46. The third-order valence-electron chi connectivity index (χ3n) is 2.54. The summed E-state index contributed by atoms with van der Waals surface area (Å²) in [7, 11) is 1.57. The van der Waals surface area contributed by atoms with Gasteiger partial charge in [0, 0.05) is 19.2 Å². The number of ether oxygens (including phenoxy) is 1. The van der Waals surface area contributed by atoms with Crippen molar-refractivity contribution in [2.45, 2.75) is 19.8 Å². The van der Waals surface area contributed by atoms with Gasteiger partial charge in [-0.05, 0) is 31.0 Å². The molecule has 3 N–H and O–H groups in total. The number of nitrogen functional groups attached to an aromatic ring is 1. The van der Waals surface area contributed by atoms with E-state index < -0.39 is 5.97 Å². The fourth-order valence-electron chi connectivity index (χ4n) is 1.46. The van der Waals surface area contributed by atoms with Gasteiger partial charge < -0.3 is 15.8 Å². The van der Waals surface area contributed by atoms with Gasteiger partial charge in [0.2, 0.25) is 5.91 Å². The molecule has 1 rings (SSSR count). The normalized spacial score (nSPS) is 9.89. The first-order valence-electron chi connectivity index (χ1n) is 5.78. The molecule has 0 radical (unpaired) electrons. The van der Waals surface area contributed by atoms with Crippen LogP contribution < -0.4 is 11.1 Å². The Morgan fingerprint density at radius 3 is 2.78 bits per heavy atom. The second kappa shape index (κ2) is 6.64. The first-order valence-corrected chi connectivity index (χ1v) is 5.78. The highest BCUT2D eigenvalue weighted by Gasteiger charge is 2.10. The average molecular weight is 250 g/mol. The first kappa shape index (κ1) is 14.0. The highest BCUT2D eigenvalue weighted by atomic mass is 16.5. The summed E-state index contributed by atoms with van der Waals surface area (Å²) in [5.41, 5.74) is 7.43. The van der Waals surface area contributed by atoms with Crippen molar-refractivity contribution in [3.63, 3.8) is 0 Å². The van der Waals surface area contributed by atoms with E-state index in [-0.39, 0.29) is 12.5 Å². The van der Waals surface area contributed by atoms with Gasteiger partial charge in [-0.2, -0.15) is 0 Å². The molecule has 0 saturated carbocycles. The predicted octanol–water partition coefficient (Wildman–Crippen LogP) is 1.26. The molecule has 0 atom stereocenters. The van der Waals surface area contributed by atoms with Crippen molar-refractivity contribution in [3.8, 4) is 0 Å². The molecule has 0 aliphatic rings. The smallest absolute Gasteiger partial charge is 0.338 e. The van der Waals surface area contributed by atoms with Crippen LogP contribution in [-0.2, 0) is 9.53 Å². The van der Waals surface area contributed by atoms with Gasteiger partial charge in [0.1, 0.15) is 0 Å². The van der Waals surface area contributed by atoms with Crippen molar-refractivity contribution in [2.24, 2.45) is 0 Å². The minimum atomic E-state index is -0.406. The SMILES string of the molecule is CNC(=O)CCCOC(=O)c1cc(N)ccc1C. The van der Waals surface area contributed by atoms with Gasteiger partial charge in [-0.3, -0.25) is 4.79 Å². The third-order valence-corrected chi connectivity index (χ3v) is 2.54. The van der Waals surface area contributed by atoms with E-state index in [1.165, 1.54) is 0 Å².